The third-order valence-electron chi connectivity index (χ3n) is 2.87. The van der Waals surface area contributed by atoms with Gasteiger partial charge in [0.05, 0.1) is 19.4 Å². The topological polar surface area (TPSA) is 41.5 Å². The number of aryl methyl sites for hydroxylation is 1. The molecule has 2 aromatic rings. The predicted molar refractivity (Wildman–Crippen MR) is 70.1 cm³/mol. The van der Waals surface area contributed by atoms with E-state index in [0.29, 0.717) is 0 Å². The van der Waals surface area contributed by atoms with Crippen LogP contribution in [0.3, 0.4) is 0 Å². The van der Waals surface area contributed by atoms with Crippen molar-refractivity contribution >= 4 is 0 Å². The first-order valence-corrected chi connectivity index (χ1v) is 6.12. The third kappa shape index (κ3) is 3.24. The summed E-state index contributed by atoms with van der Waals surface area (Å²) in [6.45, 7) is 4.44. The van der Waals surface area contributed by atoms with Crippen LogP contribution in [-0.4, -0.2) is 19.0 Å². The zero-order valence-corrected chi connectivity index (χ0v) is 11.2. The van der Waals surface area contributed by atoms with E-state index in [2.05, 4.69) is 23.3 Å². The molecule has 0 spiro atoms. The predicted octanol–water partition coefficient (Wildman–Crippen LogP) is 2.53. The number of hydrogen-bond donors (Lipinski definition) is 1. The summed E-state index contributed by atoms with van der Waals surface area (Å²) in [6, 6.07) is 6.02. The van der Waals surface area contributed by atoms with E-state index in [9.17, 15) is 0 Å². The van der Waals surface area contributed by atoms with E-state index < -0.39 is 0 Å². The summed E-state index contributed by atoms with van der Waals surface area (Å²) >= 11 is 0. The molecule has 2 rings (SSSR count). The van der Waals surface area contributed by atoms with E-state index in [0.717, 1.165) is 36.9 Å². The average Bonchev–Trinajstić information content (AvgIpc) is 2.91. The molecule has 0 aliphatic carbocycles. The molecule has 4 nitrogen and oxygen atoms in total. The van der Waals surface area contributed by atoms with Crippen molar-refractivity contribution in [2.45, 2.75) is 26.6 Å². The van der Waals surface area contributed by atoms with Crippen LogP contribution in [0.1, 0.15) is 22.8 Å². The Hall–Kier alpha value is -1.52. The molecule has 0 aliphatic rings. The quantitative estimate of drug-likeness (QED) is 0.853. The van der Waals surface area contributed by atoms with Crippen molar-refractivity contribution in [1.82, 2.24) is 10.2 Å². The standard InChI is InChI=1S/C14H20N2O2/c1-11-12(7-14(18-11)8-15-2)9-16(3)10-13-5-4-6-17-13/h4-7,15H,8-10H2,1-3H3. The lowest BCUT2D eigenvalue weighted by atomic mass is 10.2. The largest absolute Gasteiger partial charge is 0.468 e. The van der Waals surface area contributed by atoms with Crippen LogP contribution in [0.15, 0.2) is 33.3 Å². The van der Waals surface area contributed by atoms with Gasteiger partial charge >= 0.3 is 0 Å². The zero-order chi connectivity index (χ0) is 13.0. The summed E-state index contributed by atoms with van der Waals surface area (Å²) in [5.41, 5.74) is 1.23. The molecule has 0 bridgehead atoms. The lowest BCUT2D eigenvalue weighted by molar-refractivity contribution is 0.286. The Morgan fingerprint density at radius 1 is 1.28 bits per heavy atom. The van der Waals surface area contributed by atoms with Gasteiger partial charge in [0, 0.05) is 12.1 Å². The van der Waals surface area contributed by atoms with E-state index in [1.54, 1.807) is 6.26 Å². The fourth-order valence-corrected chi connectivity index (χ4v) is 2.02. The van der Waals surface area contributed by atoms with Crippen LogP contribution < -0.4 is 5.32 Å². The Kier molecular flexibility index (Phi) is 4.23. The summed E-state index contributed by atoms with van der Waals surface area (Å²) < 4.78 is 11.0. The lowest BCUT2D eigenvalue weighted by Crippen LogP contribution is -2.16. The van der Waals surface area contributed by atoms with Crippen molar-refractivity contribution in [3.63, 3.8) is 0 Å². The SMILES string of the molecule is CNCc1cc(CN(C)Cc2ccco2)c(C)o1. The lowest BCUT2D eigenvalue weighted by Gasteiger charge is -2.14. The number of hydrogen-bond acceptors (Lipinski definition) is 4. The highest BCUT2D eigenvalue weighted by Gasteiger charge is 2.10. The van der Waals surface area contributed by atoms with Crippen LogP contribution in [0.5, 0.6) is 0 Å². The molecule has 2 heterocycles. The van der Waals surface area contributed by atoms with Gasteiger partial charge in [-0.25, -0.2) is 0 Å². The molecular formula is C14H20N2O2. The van der Waals surface area contributed by atoms with Gasteiger partial charge in [0.1, 0.15) is 17.3 Å². The Morgan fingerprint density at radius 2 is 2.11 bits per heavy atom. The van der Waals surface area contributed by atoms with Crippen LogP contribution in [0, 0.1) is 6.92 Å². The summed E-state index contributed by atoms with van der Waals surface area (Å²) in [5.74, 6) is 2.96. The maximum Gasteiger partial charge on any atom is 0.118 e. The molecule has 0 aliphatic heterocycles. The monoisotopic (exact) mass is 248 g/mol. The van der Waals surface area contributed by atoms with Crippen molar-refractivity contribution < 1.29 is 8.83 Å². The van der Waals surface area contributed by atoms with E-state index >= 15 is 0 Å². The Bertz CT molecular complexity index is 474. The summed E-state index contributed by atoms with van der Waals surface area (Å²) in [7, 11) is 3.99. The van der Waals surface area contributed by atoms with E-state index in [4.69, 9.17) is 8.83 Å². The van der Waals surface area contributed by atoms with Crippen molar-refractivity contribution in [2.75, 3.05) is 14.1 Å². The van der Waals surface area contributed by atoms with Gasteiger partial charge in [-0.15, -0.1) is 0 Å². The smallest absolute Gasteiger partial charge is 0.118 e. The second kappa shape index (κ2) is 5.89. The molecule has 0 amide bonds. The number of nitrogens with one attached hydrogen (secondary N) is 1. The number of furan rings is 2. The Morgan fingerprint density at radius 3 is 2.78 bits per heavy atom. The van der Waals surface area contributed by atoms with Crippen LogP contribution in [0.4, 0.5) is 0 Å². The van der Waals surface area contributed by atoms with Gasteiger partial charge in [-0.1, -0.05) is 0 Å². The first kappa shape index (κ1) is 12.9. The maximum atomic E-state index is 5.68. The van der Waals surface area contributed by atoms with E-state index in [1.807, 2.05) is 26.1 Å². The fraction of sp³-hybridized carbons (Fsp3) is 0.429. The van der Waals surface area contributed by atoms with Crippen molar-refractivity contribution in [1.29, 1.82) is 0 Å². The van der Waals surface area contributed by atoms with Gasteiger partial charge in [-0.2, -0.15) is 0 Å². The molecule has 0 saturated heterocycles. The van der Waals surface area contributed by atoms with Gasteiger partial charge in [-0.05, 0) is 39.2 Å². The summed E-state index contributed by atoms with van der Waals surface area (Å²) in [5, 5.41) is 3.09. The van der Waals surface area contributed by atoms with Crippen molar-refractivity contribution in [3.8, 4) is 0 Å². The average molecular weight is 248 g/mol. The van der Waals surface area contributed by atoms with Gasteiger partial charge in [0.2, 0.25) is 0 Å². The molecular weight excluding hydrogens is 228 g/mol. The normalized spacial score (nSPS) is 11.3. The summed E-state index contributed by atoms with van der Waals surface area (Å²) in [6.07, 6.45) is 1.71. The second-order valence-electron chi connectivity index (χ2n) is 4.58. The first-order chi connectivity index (χ1) is 8.69. The molecule has 18 heavy (non-hydrogen) atoms. The highest BCUT2D eigenvalue weighted by Crippen LogP contribution is 2.17. The van der Waals surface area contributed by atoms with Crippen LogP contribution in [0.2, 0.25) is 0 Å². The van der Waals surface area contributed by atoms with Crippen LogP contribution in [-0.2, 0) is 19.6 Å². The molecule has 0 radical (unpaired) electrons. The van der Waals surface area contributed by atoms with Crippen molar-refractivity contribution in [2.24, 2.45) is 0 Å². The third-order valence-corrected chi connectivity index (χ3v) is 2.87. The molecule has 1 N–H and O–H groups in total. The highest BCUT2D eigenvalue weighted by atomic mass is 16.3. The van der Waals surface area contributed by atoms with Crippen molar-refractivity contribution in [3.05, 3.63) is 47.3 Å². The van der Waals surface area contributed by atoms with Gasteiger partial charge in [-0.3, -0.25) is 4.90 Å². The molecule has 0 atom stereocenters. The number of rotatable bonds is 6. The Labute approximate surface area is 108 Å². The maximum absolute atomic E-state index is 5.68. The second-order valence-corrected chi connectivity index (χ2v) is 4.58. The van der Waals surface area contributed by atoms with Gasteiger partial charge in [0.15, 0.2) is 0 Å². The first-order valence-electron chi connectivity index (χ1n) is 6.12. The zero-order valence-electron chi connectivity index (χ0n) is 11.2. The minimum Gasteiger partial charge on any atom is -0.468 e. The molecule has 2 aromatic heterocycles. The minimum atomic E-state index is 0.767. The Balaban J connectivity index is 1.95. The molecule has 98 valence electrons. The summed E-state index contributed by atoms with van der Waals surface area (Å²) in [4.78, 5) is 2.21. The molecule has 4 heteroatoms. The van der Waals surface area contributed by atoms with Gasteiger partial charge < -0.3 is 14.2 Å². The molecule has 0 aromatic carbocycles. The van der Waals surface area contributed by atoms with Gasteiger partial charge in [0.25, 0.3) is 0 Å². The molecule has 0 saturated carbocycles. The van der Waals surface area contributed by atoms with Crippen LogP contribution in [0.25, 0.3) is 0 Å². The van der Waals surface area contributed by atoms with E-state index in [1.165, 1.54) is 5.56 Å². The minimum absolute atomic E-state index is 0.767. The highest BCUT2D eigenvalue weighted by molar-refractivity contribution is 5.20. The van der Waals surface area contributed by atoms with E-state index in [-0.39, 0.29) is 0 Å². The number of nitrogens with zero attached hydrogens (tertiary/aromatic N) is 1. The van der Waals surface area contributed by atoms with Crippen LogP contribution >= 0.6 is 0 Å². The fourth-order valence-electron chi connectivity index (χ4n) is 2.02. The molecule has 0 fully saturated rings. The molecule has 0 unspecified atom stereocenters.